The maximum absolute atomic E-state index is 5.36. The van der Waals surface area contributed by atoms with Crippen LogP contribution in [0, 0.1) is 0 Å². The molecule has 2 N–H and O–H groups in total. The van der Waals surface area contributed by atoms with E-state index < -0.39 is 0 Å². The summed E-state index contributed by atoms with van der Waals surface area (Å²) in [6.07, 6.45) is 4.00. The minimum Gasteiger partial charge on any atom is -0.399 e. The van der Waals surface area contributed by atoms with Gasteiger partial charge in [-0.15, -0.1) is 0 Å². The van der Waals surface area contributed by atoms with Gasteiger partial charge in [0.15, 0.2) is 0 Å². The van der Waals surface area contributed by atoms with Crippen molar-refractivity contribution in [2.24, 2.45) is 0 Å². The van der Waals surface area contributed by atoms with E-state index in [2.05, 4.69) is 0 Å². The van der Waals surface area contributed by atoms with E-state index in [0.717, 1.165) is 5.69 Å². The fourth-order valence-electron chi connectivity index (χ4n) is 0.453. The highest BCUT2D eigenvalue weighted by Gasteiger charge is 1.72. The molecule has 0 heterocycles. The van der Waals surface area contributed by atoms with E-state index in [1.165, 1.54) is 0 Å². The largest absolute Gasteiger partial charge is 0.399 e. The summed E-state index contributed by atoms with van der Waals surface area (Å²) in [5.41, 5.74) is 6.18. The first-order valence-corrected chi connectivity index (χ1v) is 3.69. The Morgan fingerprint density at radius 2 is 1.45 bits per heavy atom. The lowest BCUT2D eigenvalue weighted by atomic mass is 10.3. The zero-order valence-electron chi connectivity index (χ0n) is 7.12. The maximum atomic E-state index is 5.36. The minimum atomic E-state index is 0.822. The molecule has 0 saturated heterocycles. The Kier molecular flexibility index (Phi) is 6.10. The molecule has 0 aliphatic carbocycles. The molecule has 0 aliphatic heterocycles. The molecule has 0 bridgehead atoms. The molecule has 0 fully saturated rings. The second-order valence-electron chi connectivity index (χ2n) is 2.08. The highest BCUT2D eigenvalue weighted by atomic mass is 14.5. The minimum absolute atomic E-state index is 0.822. The van der Waals surface area contributed by atoms with Crippen LogP contribution in [0.15, 0.2) is 42.5 Å². The van der Waals surface area contributed by atoms with Gasteiger partial charge in [0.05, 0.1) is 0 Å². The van der Waals surface area contributed by atoms with Crippen molar-refractivity contribution in [3.05, 3.63) is 42.5 Å². The number of hydrogen-bond donors (Lipinski definition) is 1. The van der Waals surface area contributed by atoms with Gasteiger partial charge in [0.1, 0.15) is 0 Å². The molecule has 0 saturated carbocycles. The molecule has 1 rings (SSSR count). The zero-order valence-corrected chi connectivity index (χ0v) is 7.12. The fourth-order valence-corrected chi connectivity index (χ4v) is 0.453. The average Bonchev–Trinajstić information content (AvgIpc) is 2.07. The summed E-state index contributed by atoms with van der Waals surface area (Å²) >= 11 is 0. The third-order valence-electron chi connectivity index (χ3n) is 1.13. The molecule has 1 aromatic rings. The van der Waals surface area contributed by atoms with Crippen LogP contribution in [0.3, 0.4) is 0 Å². The Labute approximate surface area is 68.5 Å². The SMILES string of the molecule is C/C=C\C.Nc1ccccc1. The predicted molar refractivity (Wildman–Crippen MR) is 51.3 cm³/mol. The molecule has 0 atom stereocenters. The van der Waals surface area contributed by atoms with Crippen LogP contribution in [0.1, 0.15) is 13.8 Å². The quantitative estimate of drug-likeness (QED) is 0.445. The van der Waals surface area contributed by atoms with Crippen molar-refractivity contribution in [1.29, 1.82) is 0 Å². The van der Waals surface area contributed by atoms with Gasteiger partial charge in [-0.3, -0.25) is 0 Å². The lowest BCUT2D eigenvalue weighted by Crippen LogP contribution is -1.79. The lowest BCUT2D eigenvalue weighted by molar-refractivity contribution is 1.64. The number of anilines is 1. The highest BCUT2D eigenvalue weighted by molar-refractivity contribution is 5.35. The van der Waals surface area contributed by atoms with Gasteiger partial charge in [0, 0.05) is 5.69 Å². The number of allylic oxidation sites excluding steroid dienone is 2. The Morgan fingerprint density at radius 1 is 1.00 bits per heavy atom. The van der Waals surface area contributed by atoms with E-state index in [4.69, 9.17) is 5.73 Å². The van der Waals surface area contributed by atoms with E-state index in [1.807, 2.05) is 56.3 Å². The Hall–Kier alpha value is -1.24. The molecule has 1 heteroatoms. The summed E-state index contributed by atoms with van der Waals surface area (Å²) in [6, 6.07) is 9.49. The number of nitrogen functional groups attached to an aromatic ring is 1. The Bertz CT molecular complexity index is 185. The van der Waals surface area contributed by atoms with Gasteiger partial charge in [-0.1, -0.05) is 30.4 Å². The molecular formula is C10H15N. The predicted octanol–water partition coefficient (Wildman–Crippen LogP) is 2.85. The summed E-state index contributed by atoms with van der Waals surface area (Å²) in [6.45, 7) is 4.00. The fraction of sp³-hybridized carbons (Fsp3) is 0.200. The number of para-hydroxylation sites is 1. The van der Waals surface area contributed by atoms with Crippen molar-refractivity contribution >= 4 is 5.69 Å². The summed E-state index contributed by atoms with van der Waals surface area (Å²) < 4.78 is 0. The molecule has 60 valence electrons. The van der Waals surface area contributed by atoms with Crippen LogP contribution >= 0.6 is 0 Å². The smallest absolute Gasteiger partial charge is 0.0313 e. The third kappa shape index (κ3) is 6.65. The first-order chi connectivity index (χ1) is 5.31. The van der Waals surface area contributed by atoms with Gasteiger partial charge in [-0.05, 0) is 26.0 Å². The van der Waals surface area contributed by atoms with Gasteiger partial charge >= 0.3 is 0 Å². The Morgan fingerprint density at radius 3 is 1.64 bits per heavy atom. The molecule has 0 unspecified atom stereocenters. The summed E-state index contributed by atoms with van der Waals surface area (Å²) in [5, 5.41) is 0. The van der Waals surface area contributed by atoms with Crippen LogP contribution in [-0.2, 0) is 0 Å². The van der Waals surface area contributed by atoms with E-state index in [1.54, 1.807) is 0 Å². The maximum Gasteiger partial charge on any atom is 0.0313 e. The molecule has 1 nitrogen and oxygen atoms in total. The van der Waals surface area contributed by atoms with Gasteiger partial charge in [0.2, 0.25) is 0 Å². The van der Waals surface area contributed by atoms with Crippen LogP contribution in [0.25, 0.3) is 0 Å². The van der Waals surface area contributed by atoms with Crippen molar-refractivity contribution < 1.29 is 0 Å². The number of nitrogens with two attached hydrogens (primary N) is 1. The van der Waals surface area contributed by atoms with E-state index in [0.29, 0.717) is 0 Å². The molecule has 11 heavy (non-hydrogen) atoms. The van der Waals surface area contributed by atoms with Crippen LogP contribution in [-0.4, -0.2) is 0 Å². The standard InChI is InChI=1S/C6H7N.C4H8/c7-6-4-2-1-3-5-6;1-3-4-2/h1-5H,7H2;3-4H,1-2H3/b;4-3-. The second-order valence-corrected chi connectivity index (χ2v) is 2.08. The van der Waals surface area contributed by atoms with Crippen LogP contribution in [0.5, 0.6) is 0 Å². The molecule has 1 aromatic carbocycles. The van der Waals surface area contributed by atoms with E-state index in [9.17, 15) is 0 Å². The van der Waals surface area contributed by atoms with Crippen molar-refractivity contribution in [2.75, 3.05) is 5.73 Å². The second kappa shape index (κ2) is 6.87. The Balaban J connectivity index is 0.000000218. The van der Waals surface area contributed by atoms with Crippen molar-refractivity contribution in [3.8, 4) is 0 Å². The summed E-state index contributed by atoms with van der Waals surface area (Å²) in [4.78, 5) is 0. The summed E-state index contributed by atoms with van der Waals surface area (Å²) in [5.74, 6) is 0. The molecule has 0 amide bonds. The van der Waals surface area contributed by atoms with Crippen molar-refractivity contribution in [1.82, 2.24) is 0 Å². The van der Waals surface area contributed by atoms with Crippen molar-refractivity contribution in [2.45, 2.75) is 13.8 Å². The van der Waals surface area contributed by atoms with E-state index >= 15 is 0 Å². The van der Waals surface area contributed by atoms with Gasteiger partial charge in [0.25, 0.3) is 0 Å². The number of rotatable bonds is 0. The van der Waals surface area contributed by atoms with E-state index in [-0.39, 0.29) is 0 Å². The number of benzene rings is 1. The van der Waals surface area contributed by atoms with Crippen LogP contribution in [0.2, 0.25) is 0 Å². The molecule has 0 aromatic heterocycles. The lowest BCUT2D eigenvalue weighted by Gasteiger charge is -1.83. The summed E-state index contributed by atoms with van der Waals surface area (Å²) in [7, 11) is 0. The first kappa shape index (κ1) is 9.76. The van der Waals surface area contributed by atoms with Crippen LogP contribution < -0.4 is 5.73 Å². The first-order valence-electron chi connectivity index (χ1n) is 3.69. The molecular weight excluding hydrogens is 134 g/mol. The number of hydrogen-bond acceptors (Lipinski definition) is 1. The molecule has 0 radical (unpaired) electrons. The highest BCUT2D eigenvalue weighted by Crippen LogP contribution is 1.95. The van der Waals surface area contributed by atoms with Crippen molar-refractivity contribution in [3.63, 3.8) is 0 Å². The zero-order chi connectivity index (χ0) is 8.53. The average molecular weight is 149 g/mol. The topological polar surface area (TPSA) is 26.0 Å². The molecule has 0 spiro atoms. The van der Waals surface area contributed by atoms with Gasteiger partial charge < -0.3 is 5.73 Å². The normalized spacial score (nSPS) is 8.91. The monoisotopic (exact) mass is 149 g/mol. The van der Waals surface area contributed by atoms with Crippen LogP contribution in [0.4, 0.5) is 5.69 Å². The molecule has 0 aliphatic rings. The van der Waals surface area contributed by atoms with Gasteiger partial charge in [-0.2, -0.15) is 0 Å². The van der Waals surface area contributed by atoms with Gasteiger partial charge in [-0.25, -0.2) is 0 Å². The third-order valence-corrected chi connectivity index (χ3v) is 1.13.